The van der Waals surface area contributed by atoms with Gasteiger partial charge in [-0.05, 0) is 60.5 Å². The van der Waals surface area contributed by atoms with Gasteiger partial charge in [0, 0.05) is 5.69 Å². The molecule has 6 nitrogen and oxygen atoms in total. The molecule has 25 heavy (non-hydrogen) atoms. The number of amides is 1. The minimum Gasteiger partial charge on any atom is -0.325 e. The first-order chi connectivity index (χ1) is 12.0. The molecule has 0 radical (unpaired) electrons. The van der Waals surface area contributed by atoms with Crippen molar-refractivity contribution >= 4 is 23.4 Å². The number of rotatable bonds is 5. The summed E-state index contributed by atoms with van der Waals surface area (Å²) in [5, 5.41) is 15.3. The minimum absolute atomic E-state index is 0.0873. The number of thioether (sulfide) groups is 1. The average Bonchev–Trinajstić information content (AvgIpc) is 3.04. The first kappa shape index (κ1) is 17.2. The molecule has 0 aliphatic heterocycles. The molecule has 0 aliphatic carbocycles. The predicted molar refractivity (Wildman–Crippen MR) is 99.2 cm³/mol. The summed E-state index contributed by atoms with van der Waals surface area (Å²) >= 11 is 1.31. The summed E-state index contributed by atoms with van der Waals surface area (Å²) in [6.07, 6.45) is 0. The van der Waals surface area contributed by atoms with Gasteiger partial charge in [0.05, 0.1) is 11.4 Å². The van der Waals surface area contributed by atoms with Gasteiger partial charge in [-0.1, -0.05) is 41.6 Å². The number of aryl methyl sites for hydroxylation is 3. The van der Waals surface area contributed by atoms with Crippen molar-refractivity contribution in [1.82, 2.24) is 20.2 Å². The lowest BCUT2D eigenvalue weighted by molar-refractivity contribution is -0.113. The van der Waals surface area contributed by atoms with Crippen LogP contribution in [-0.2, 0) is 4.79 Å². The van der Waals surface area contributed by atoms with Crippen LogP contribution < -0.4 is 5.32 Å². The van der Waals surface area contributed by atoms with Gasteiger partial charge in [0.25, 0.3) is 0 Å². The van der Waals surface area contributed by atoms with Crippen LogP contribution in [0.2, 0.25) is 0 Å². The van der Waals surface area contributed by atoms with Gasteiger partial charge in [-0.25, -0.2) is 0 Å². The number of tetrazole rings is 1. The second-order valence-corrected chi connectivity index (χ2v) is 6.81. The van der Waals surface area contributed by atoms with E-state index in [1.807, 2.05) is 63.2 Å². The van der Waals surface area contributed by atoms with Crippen LogP contribution in [-0.4, -0.2) is 31.9 Å². The number of hydrogen-bond acceptors (Lipinski definition) is 5. The number of carbonyl (C=O) groups is 1. The Labute approximate surface area is 150 Å². The van der Waals surface area contributed by atoms with E-state index in [2.05, 4.69) is 20.8 Å². The summed E-state index contributed by atoms with van der Waals surface area (Å²) in [5.41, 5.74) is 5.04. The second-order valence-electron chi connectivity index (χ2n) is 5.87. The molecule has 1 aromatic heterocycles. The molecule has 0 aliphatic rings. The normalized spacial score (nSPS) is 10.7. The van der Waals surface area contributed by atoms with Gasteiger partial charge in [0.1, 0.15) is 0 Å². The summed E-state index contributed by atoms with van der Waals surface area (Å²) < 4.78 is 1.64. The van der Waals surface area contributed by atoms with Crippen molar-refractivity contribution in [3.8, 4) is 5.69 Å². The van der Waals surface area contributed by atoms with Crippen LogP contribution in [0.5, 0.6) is 0 Å². The van der Waals surface area contributed by atoms with Crippen LogP contribution in [0.15, 0.2) is 47.6 Å². The molecule has 7 heteroatoms. The predicted octanol–water partition coefficient (Wildman–Crippen LogP) is 3.32. The zero-order valence-electron chi connectivity index (χ0n) is 14.4. The molecule has 0 saturated heterocycles. The van der Waals surface area contributed by atoms with Gasteiger partial charge in [0.15, 0.2) is 0 Å². The van der Waals surface area contributed by atoms with E-state index in [0.29, 0.717) is 5.16 Å². The number of carbonyl (C=O) groups excluding carboxylic acids is 1. The highest BCUT2D eigenvalue weighted by Crippen LogP contribution is 2.20. The third kappa shape index (κ3) is 4.24. The van der Waals surface area contributed by atoms with Crippen LogP contribution >= 0.6 is 11.8 Å². The molecule has 0 fully saturated rings. The Morgan fingerprint density at radius 2 is 1.92 bits per heavy atom. The van der Waals surface area contributed by atoms with Crippen LogP contribution in [0.1, 0.15) is 16.7 Å². The standard InChI is InChI=1S/C18H19N5OS/c1-12-5-4-6-15(10-12)23-18(20-21-22-23)25-11-17(24)19-16-8-7-13(2)9-14(16)3/h4-10H,11H2,1-3H3,(H,19,24). The van der Waals surface area contributed by atoms with Crippen molar-refractivity contribution in [1.29, 1.82) is 0 Å². The molecule has 0 atom stereocenters. The van der Waals surface area contributed by atoms with E-state index in [1.165, 1.54) is 17.3 Å². The zero-order chi connectivity index (χ0) is 17.8. The first-order valence-electron chi connectivity index (χ1n) is 7.88. The minimum atomic E-state index is -0.0873. The highest BCUT2D eigenvalue weighted by atomic mass is 32.2. The molecule has 2 aromatic carbocycles. The van der Waals surface area contributed by atoms with Crippen molar-refractivity contribution in [2.75, 3.05) is 11.1 Å². The number of benzene rings is 2. The molecular weight excluding hydrogens is 334 g/mol. The monoisotopic (exact) mass is 353 g/mol. The van der Waals surface area contributed by atoms with Crippen molar-refractivity contribution < 1.29 is 4.79 Å². The van der Waals surface area contributed by atoms with E-state index in [9.17, 15) is 4.79 Å². The fourth-order valence-corrected chi connectivity index (χ4v) is 3.15. The SMILES string of the molecule is Cc1cccc(-n2nnnc2SCC(=O)Nc2ccc(C)cc2C)c1. The van der Waals surface area contributed by atoms with E-state index in [-0.39, 0.29) is 11.7 Å². The Bertz CT molecular complexity index is 906. The quantitative estimate of drug-likeness (QED) is 0.713. The maximum atomic E-state index is 12.2. The van der Waals surface area contributed by atoms with E-state index >= 15 is 0 Å². The molecule has 0 unspecified atom stereocenters. The fourth-order valence-electron chi connectivity index (χ4n) is 2.46. The number of nitrogens with zero attached hydrogens (tertiary/aromatic N) is 4. The zero-order valence-corrected chi connectivity index (χ0v) is 15.2. The topological polar surface area (TPSA) is 72.7 Å². The van der Waals surface area contributed by atoms with Crippen LogP contribution in [0, 0.1) is 20.8 Å². The second kappa shape index (κ2) is 7.48. The summed E-state index contributed by atoms with van der Waals surface area (Å²) in [4.78, 5) is 12.2. The Balaban J connectivity index is 1.66. The van der Waals surface area contributed by atoms with Crippen LogP contribution in [0.25, 0.3) is 5.69 Å². The number of nitrogens with one attached hydrogen (secondary N) is 1. The maximum Gasteiger partial charge on any atom is 0.234 e. The molecule has 128 valence electrons. The summed E-state index contributed by atoms with van der Waals surface area (Å²) in [7, 11) is 0. The molecule has 3 rings (SSSR count). The van der Waals surface area contributed by atoms with E-state index in [1.54, 1.807) is 4.68 Å². The molecule has 1 heterocycles. The summed E-state index contributed by atoms with van der Waals surface area (Å²) in [6, 6.07) is 13.8. The van der Waals surface area contributed by atoms with Crippen molar-refractivity contribution in [3.05, 3.63) is 59.2 Å². The number of hydrogen-bond donors (Lipinski definition) is 1. The summed E-state index contributed by atoms with van der Waals surface area (Å²) in [6.45, 7) is 6.02. The number of anilines is 1. The molecule has 0 bridgehead atoms. The van der Waals surface area contributed by atoms with E-state index < -0.39 is 0 Å². The van der Waals surface area contributed by atoms with E-state index in [0.717, 1.165) is 22.5 Å². The molecule has 1 N–H and O–H groups in total. The smallest absolute Gasteiger partial charge is 0.234 e. The highest BCUT2D eigenvalue weighted by Gasteiger charge is 2.12. The van der Waals surface area contributed by atoms with Gasteiger partial charge in [-0.3, -0.25) is 4.79 Å². The van der Waals surface area contributed by atoms with Crippen molar-refractivity contribution in [3.63, 3.8) is 0 Å². The molecule has 0 saturated carbocycles. The third-order valence-corrected chi connectivity index (χ3v) is 4.59. The Morgan fingerprint density at radius 3 is 2.68 bits per heavy atom. The highest BCUT2D eigenvalue weighted by molar-refractivity contribution is 7.99. The summed E-state index contributed by atoms with van der Waals surface area (Å²) in [5.74, 6) is 0.148. The third-order valence-electron chi connectivity index (χ3n) is 3.68. The van der Waals surface area contributed by atoms with Gasteiger partial charge < -0.3 is 5.32 Å². The lowest BCUT2D eigenvalue weighted by atomic mass is 10.1. The molecule has 3 aromatic rings. The van der Waals surface area contributed by atoms with Crippen molar-refractivity contribution in [2.45, 2.75) is 25.9 Å². The first-order valence-corrected chi connectivity index (χ1v) is 8.87. The molecule has 0 spiro atoms. The Hall–Kier alpha value is -2.67. The van der Waals surface area contributed by atoms with Gasteiger partial charge in [-0.15, -0.1) is 5.10 Å². The molecule has 1 amide bonds. The lowest BCUT2D eigenvalue weighted by Crippen LogP contribution is -2.15. The Morgan fingerprint density at radius 1 is 1.12 bits per heavy atom. The Kier molecular flexibility index (Phi) is 5.14. The largest absolute Gasteiger partial charge is 0.325 e. The fraction of sp³-hybridized carbons (Fsp3) is 0.222. The van der Waals surface area contributed by atoms with Crippen LogP contribution in [0.3, 0.4) is 0 Å². The van der Waals surface area contributed by atoms with Gasteiger partial charge in [-0.2, -0.15) is 4.68 Å². The van der Waals surface area contributed by atoms with Gasteiger partial charge >= 0.3 is 0 Å². The maximum absolute atomic E-state index is 12.2. The average molecular weight is 353 g/mol. The van der Waals surface area contributed by atoms with Crippen LogP contribution in [0.4, 0.5) is 5.69 Å². The molecular formula is C18H19N5OS. The van der Waals surface area contributed by atoms with E-state index in [4.69, 9.17) is 0 Å². The van der Waals surface area contributed by atoms with Crippen molar-refractivity contribution in [2.24, 2.45) is 0 Å². The van der Waals surface area contributed by atoms with Gasteiger partial charge in [0.2, 0.25) is 11.1 Å². The number of aromatic nitrogens is 4. The lowest BCUT2D eigenvalue weighted by Gasteiger charge is -2.09.